The molecule has 86 valence electrons. The molecular formula is C11H24O3. The molecule has 0 aliphatic carbocycles. The van der Waals surface area contributed by atoms with Gasteiger partial charge in [0.15, 0.2) is 0 Å². The highest BCUT2D eigenvalue weighted by atomic mass is 16.6. The number of hydrogen-bond donors (Lipinski definition) is 2. The van der Waals surface area contributed by atoms with Crippen molar-refractivity contribution in [2.45, 2.75) is 71.4 Å². The van der Waals surface area contributed by atoms with Crippen LogP contribution in [-0.4, -0.2) is 33.1 Å². The van der Waals surface area contributed by atoms with Crippen molar-refractivity contribution in [1.29, 1.82) is 0 Å². The van der Waals surface area contributed by atoms with Gasteiger partial charge in [0, 0.05) is 0 Å². The molecule has 0 amide bonds. The van der Waals surface area contributed by atoms with Gasteiger partial charge < -0.3 is 14.9 Å². The van der Waals surface area contributed by atoms with Gasteiger partial charge in [0.25, 0.3) is 0 Å². The molecule has 0 aromatic rings. The Bertz CT molecular complexity index is 170. The lowest BCUT2D eigenvalue weighted by atomic mass is 10.0. The maximum Gasteiger partial charge on any atom is 0.0918 e. The summed E-state index contributed by atoms with van der Waals surface area (Å²) in [5.74, 6) is 0. The molecule has 1 rings (SSSR count). The molecule has 1 aliphatic rings. The highest BCUT2D eigenvalue weighted by molar-refractivity contribution is 5.03. The molecule has 1 fully saturated rings. The zero-order valence-electron chi connectivity index (χ0n) is 10.4. The highest BCUT2D eigenvalue weighted by Crippen LogP contribution is 2.46. The van der Waals surface area contributed by atoms with Gasteiger partial charge in [-0.15, -0.1) is 0 Å². The number of hydrogen-bond acceptors (Lipinski definition) is 3. The Morgan fingerprint density at radius 3 is 1.21 bits per heavy atom. The van der Waals surface area contributed by atoms with Crippen LogP contribution in [0.4, 0.5) is 0 Å². The topological polar surface area (TPSA) is 53.0 Å². The van der Waals surface area contributed by atoms with Gasteiger partial charge in [-0.3, -0.25) is 0 Å². The van der Waals surface area contributed by atoms with Crippen molar-refractivity contribution in [3.8, 4) is 0 Å². The zero-order chi connectivity index (χ0) is 11.8. The average Bonchev–Trinajstić information content (AvgIpc) is 2.26. The summed E-state index contributed by atoms with van der Waals surface area (Å²) in [5.41, 5.74) is -0.653. The van der Waals surface area contributed by atoms with Gasteiger partial charge in [-0.2, -0.15) is 0 Å². The minimum atomic E-state index is -0.944. The Hall–Kier alpha value is -0.120. The molecule has 1 atom stereocenters. The summed E-state index contributed by atoms with van der Waals surface area (Å²) >= 11 is 0. The van der Waals surface area contributed by atoms with Crippen molar-refractivity contribution in [2.24, 2.45) is 0 Å². The van der Waals surface area contributed by atoms with Gasteiger partial charge in [0.05, 0.1) is 22.9 Å². The number of aliphatic hydroxyl groups excluding tert-OH is 1. The largest absolute Gasteiger partial charge is 0.390 e. The summed E-state index contributed by atoms with van der Waals surface area (Å²) in [4.78, 5) is 0. The fourth-order valence-electron chi connectivity index (χ4n) is 0.612. The van der Waals surface area contributed by atoms with E-state index < -0.39 is 11.7 Å². The predicted molar refractivity (Wildman–Crippen MR) is 57.2 cm³/mol. The van der Waals surface area contributed by atoms with Crippen LogP contribution < -0.4 is 0 Å². The van der Waals surface area contributed by atoms with E-state index in [1.54, 1.807) is 20.8 Å². The van der Waals surface area contributed by atoms with Gasteiger partial charge in [0.2, 0.25) is 0 Å². The summed E-state index contributed by atoms with van der Waals surface area (Å²) < 4.78 is 5.29. The first kappa shape index (κ1) is 13.9. The van der Waals surface area contributed by atoms with E-state index in [2.05, 4.69) is 27.7 Å². The molecule has 0 radical (unpaired) electrons. The van der Waals surface area contributed by atoms with E-state index >= 15 is 0 Å². The first-order valence-corrected chi connectivity index (χ1v) is 5.01. The second-order valence-electron chi connectivity index (χ2n) is 5.45. The summed E-state index contributed by atoms with van der Waals surface area (Å²) in [6.07, 6.45) is -0.646. The molecule has 3 nitrogen and oxygen atoms in total. The summed E-state index contributed by atoms with van der Waals surface area (Å²) in [5, 5.41) is 17.5. The maximum atomic E-state index is 8.84. The maximum absolute atomic E-state index is 8.84. The van der Waals surface area contributed by atoms with Crippen molar-refractivity contribution in [3.05, 3.63) is 0 Å². The molecule has 14 heavy (non-hydrogen) atoms. The predicted octanol–water partition coefficient (Wildman–Crippen LogP) is 1.71. The van der Waals surface area contributed by atoms with Gasteiger partial charge in [-0.25, -0.2) is 0 Å². The smallest absolute Gasteiger partial charge is 0.0918 e. The molecule has 1 unspecified atom stereocenters. The average molecular weight is 204 g/mol. The SMILES string of the molecule is CC(O)C(C)(C)O.CC1(C)OC1(C)C. The van der Waals surface area contributed by atoms with Crippen LogP contribution in [0.1, 0.15) is 48.5 Å². The second kappa shape index (κ2) is 3.80. The fourth-order valence-corrected chi connectivity index (χ4v) is 0.612. The third-order valence-electron chi connectivity index (χ3n) is 2.94. The van der Waals surface area contributed by atoms with Crippen LogP contribution in [0.25, 0.3) is 0 Å². The zero-order valence-corrected chi connectivity index (χ0v) is 10.4. The van der Waals surface area contributed by atoms with Crippen molar-refractivity contribution in [2.75, 3.05) is 0 Å². The number of epoxide rings is 1. The molecule has 2 N–H and O–H groups in total. The minimum absolute atomic E-state index is 0.146. The number of ether oxygens (including phenoxy) is 1. The van der Waals surface area contributed by atoms with Crippen LogP contribution in [0.2, 0.25) is 0 Å². The van der Waals surface area contributed by atoms with E-state index in [1.165, 1.54) is 0 Å². The van der Waals surface area contributed by atoms with Crippen LogP contribution in [-0.2, 0) is 4.74 Å². The quantitative estimate of drug-likeness (QED) is 0.639. The molecule has 0 aromatic heterocycles. The van der Waals surface area contributed by atoms with Crippen LogP contribution in [0.15, 0.2) is 0 Å². The molecular weight excluding hydrogens is 180 g/mol. The second-order valence-corrected chi connectivity index (χ2v) is 5.45. The molecule has 0 aromatic carbocycles. The van der Waals surface area contributed by atoms with E-state index in [0.29, 0.717) is 0 Å². The highest BCUT2D eigenvalue weighted by Gasteiger charge is 2.55. The number of rotatable bonds is 1. The normalized spacial score (nSPS) is 24.6. The third kappa shape index (κ3) is 3.95. The Morgan fingerprint density at radius 2 is 1.21 bits per heavy atom. The summed E-state index contributed by atoms with van der Waals surface area (Å²) in [7, 11) is 0. The van der Waals surface area contributed by atoms with Crippen molar-refractivity contribution >= 4 is 0 Å². The van der Waals surface area contributed by atoms with Crippen LogP contribution in [0.5, 0.6) is 0 Å². The first-order chi connectivity index (χ1) is 5.90. The van der Waals surface area contributed by atoms with Gasteiger partial charge in [0.1, 0.15) is 0 Å². The molecule has 1 aliphatic heterocycles. The van der Waals surface area contributed by atoms with Crippen molar-refractivity contribution in [3.63, 3.8) is 0 Å². The van der Waals surface area contributed by atoms with E-state index in [9.17, 15) is 0 Å². The summed E-state index contributed by atoms with van der Waals surface area (Å²) in [6, 6.07) is 0. The van der Waals surface area contributed by atoms with Crippen LogP contribution in [0, 0.1) is 0 Å². The van der Waals surface area contributed by atoms with Crippen molar-refractivity contribution in [1.82, 2.24) is 0 Å². The van der Waals surface area contributed by atoms with Gasteiger partial charge in [-0.1, -0.05) is 0 Å². The standard InChI is InChI=1S/C6H12O.C5H12O2/c1-5(2)6(3,4)7-5;1-4(6)5(2,3)7/h1-4H3;4,6-7H,1-3H3. The van der Waals surface area contributed by atoms with E-state index in [1.807, 2.05) is 0 Å². The van der Waals surface area contributed by atoms with Crippen LogP contribution in [0.3, 0.4) is 0 Å². The lowest BCUT2D eigenvalue weighted by Crippen LogP contribution is -2.32. The monoisotopic (exact) mass is 204 g/mol. The van der Waals surface area contributed by atoms with Crippen LogP contribution >= 0.6 is 0 Å². The Labute approximate surface area is 87.1 Å². The molecule has 1 heterocycles. The summed E-state index contributed by atoms with van der Waals surface area (Å²) in [6.45, 7) is 13.1. The molecule has 0 spiro atoms. The van der Waals surface area contributed by atoms with Gasteiger partial charge >= 0.3 is 0 Å². The Kier molecular flexibility index (Phi) is 3.76. The van der Waals surface area contributed by atoms with E-state index in [0.717, 1.165) is 0 Å². The van der Waals surface area contributed by atoms with Crippen molar-refractivity contribution < 1.29 is 14.9 Å². The lowest BCUT2D eigenvalue weighted by Gasteiger charge is -2.19. The van der Waals surface area contributed by atoms with E-state index in [4.69, 9.17) is 14.9 Å². The third-order valence-corrected chi connectivity index (χ3v) is 2.94. The lowest BCUT2D eigenvalue weighted by molar-refractivity contribution is -0.0375. The minimum Gasteiger partial charge on any atom is -0.390 e. The Balaban J connectivity index is 0.000000241. The first-order valence-electron chi connectivity index (χ1n) is 5.01. The van der Waals surface area contributed by atoms with E-state index in [-0.39, 0.29) is 11.2 Å². The molecule has 1 saturated heterocycles. The Morgan fingerprint density at radius 1 is 1.07 bits per heavy atom. The van der Waals surface area contributed by atoms with Gasteiger partial charge in [-0.05, 0) is 48.5 Å². The number of aliphatic hydroxyl groups is 2. The fraction of sp³-hybridized carbons (Fsp3) is 1.00. The molecule has 0 saturated carbocycles. The molecule has 3 heteroatoms. The molecule has 0 bridgehead atoms.